The maximum Gasteiger partial charge on any atom is 0.407 e. The van der Waals surface area contributed by atoms with Crippen LogP contribution in [0.25, 0.3) is 0 Å². The Hall–Kier alpha value is -2.57. The maximum absolute atomic E-state index is 11.7. The second-order valence-electron chi connectivity index (χ2n) is 5.27. The molecule has 1 aromatic carbocycles. The zero-order chi connectivity index (χ0) is 16.7. The fourth-order valence-corrected chi connectivity index (χ4v) is 2.08. The highest BCUT2D eigenvalue weighted by Gasteiger charge is 2.30. The SMILES string of the molecule is CC(CCC1OC(=O)COC1=O)NC(=O)OCc1ccccc1. The van der Waals surface area contributed by atoms with Crippen LogP contribution in [0.3, 0.4) is 0 Å². The number of rotatable bonds is 6. The third-order valence-corrected chi connectivity index (χ3v) is 3.31. The molecule has 2 atom stereocenters. The Morgan fingerprint density at radius 3 is 2.83 bits per heavy atom. The summed E-state index contributed by atoms with van der Waals surface area (Å²) in [5.74, 6) is -1.11. The van der Waals surface area contributed by atoms with Gasteiger partial charge in [0.05, 0.1) is 0 Å². The second kappa shape index (κ2) is 8.17. The molecule has 1 saturated heterocycles. The van der Waals surface area contributed by atoms with E-state index >= 15 is 0 Å². The van der Waals surface area contributed by atoms with Gasteiger partial charge in [0, 0.05) is 6.04 Å². The molecule has 1 fully saturated rings. The molecule has 23 heavy (non-hydrogen) atoms. The average Bonchev–Trinajstić information content (AvgIpc) is 2.55. The molecule has 1 heterocycles. The van der Waals surface area contributed by atoms with Crippen LogP contribution in [-0.4, -0.2) is 36.8 Å². The minimum atomic E-state index is -0.902. The van der Waals surface area contributed by atoms with Crippen molar-refractivity contribution in [3.63, 3.8) is 0 Å². The molecule has 1 aliphatic rings. The van der Waals surface area contributed by atoms with Gasteiger partial charge in [-0.1, -0.05) is 30.3 Å². The number of esters is 2. The minimum absolute atomic E-state index is 0.186. The molecule has 0 saturated carbocycles. The van der Waals surface area contributed by atoms with E-state index in [4.69, 9.17) is 9.47 Å². The predicted molar refractivity (Wildman–Crippen MR) is 79.3 cm³/mol. The average molecular weight is 321 g/mol. The number of hydrogen-bond donors (Lipinski definition) is 1. The Balaban J connectivity index is 1.67. The molecule has 2 unspecified atom stereocenters. The van der Waals surface area contributed by atoms with Gasteiger partial charge in [0.15, 0.2) is 12.7 Å². The number of alkyl carbamates (subject to hydrolysis) is 1. The van der Waals surface area contributed by atoms with Gasteiger partial charge < -0.3 is 19.5 Å². The third-order valence-electron chi connectivity index (χ3n) is 3.31. The molecule has 1 amide bonds. The van der Waals surface area contributed by atoms with Crippen molar-refractivity contribution in [2.24, 2.45) is 0 Å². The fourth-order valence-electron chi connectivity index (χ4n) is 2.08. The molecule has 7 nitrogen and oxygen atoms in total. The van der Waals surface area contributed by atoms with Gasteiger partial charge in [0.2, 0.25) is 0 Å². The number of carbonyl (C=O) groups excluding carboxylic acids is 3. The summed E-state index contributed by atoms with van der Waals surface area (Å²) in [4.78, 5) is 34.2. The maximum atomic E-state index is 11.7. The zero-order valence-electron chi connectivity index (χ0n) is 12.8. The number of ether oxygens (including phenoxy) is 3. The topological polar surface area (TPSA) is 90.9 Å². The van der Waals surface area contributed by atoms with Crippen molar-refractivity contribution in [3.05, 3.63) is 35.9 Å². The molecule has 0 spiro atoms. The fraction of sp³-hybridized carbons (Fsp3) is 0.438. The lowest BCUT2D eigenvalue weighted by molar-refractivity contribution is -0.185. The Labute approximate surface area is 133 Å². The van der Waals surface area contributed by atoms with Crippen LogP contribution in [0.1, 0.15) is 25.3 Å². The molecule has 2 rings (SSSR count). The normalized spacial score (nSPS) is 18.6. The van der Waals surface area contributed by atoms with E-state index in [2.05, 4.69) is 10.1 Å². The molecular formula is C16H19NO6. The van der Waals surface area contributed by atoms with Gasteiger partial charge in [-0.3, -0.25) is 0 Å². The van der Waals surface area contributed by atoms with Crippen molar-refractivity contribution in [2.75, 3.05) is 6.61 Å². The number of cyclic esters (lactones) is 2. The van der Waals surface area contributed by atoms with Crippen LogP contribution >= 0.6 is 0 Å². The van der Waals surface area contributed by atoms with E-state index in [0.717, 1.165) is 5.56 Å². The van der Waals surface area contributed by atoms with E-state index in [0.29, 0.717) is 6.42 Å². The molecule has 1 aromatic rings. The molecule has 0 aromatic heterocycles. The first kappa shape index (κ1) is 16.8. The number of hydrogen-bond acceptors (Lipinski definition) is 6. The number of benzene rings is 1. The van der Waals surface area contributed by atoms with Crippen LogP contribution in [0.15, 0.2) is 30.3 Å². The van der Waals surface area contributed by atoms with Gasteiger partial charge in [-0.2, -0.15) is 0 Å². The highest BCUT2D eigenvalue weighted by atomic mass is 16.6. The number of carbonyl (C=O) groups is 3. The van der Waals surface area contributed by atoms with Crippen LogP contribution in [-0.2, 0) is 30.4 Å². The molecule has 1 aliphatic heterocycles. The van der Waals surface area contributed by atoms with E-state index in [1.54, 1.807) is 6.92 Å². The predicted octanol–water partition coefficient (Wildman–Crippen LogP) is 1.55. The quantitative estimate of drug-likeness (QED) is 0.631. The van der Waals surface area contributed by atoms with E-state index < -0.39 is 24.1 Å². The summed E-state index contributed by atoms with van der Waals surface area (Å²) in [7, 11) is 0. The Morgan fingerprint density at radius 1 is 1.35 bits per heavy atom. The molecule has 124 valence electrons. The van der Waals surface area contributed by atoms with Crippen molar-refractivity contribution >= 4 is 18.0 Å². The smallest absolute Gasteiger partial charge is 0.407 e. The van der Waals surface area contributed by atoms with Gasteiger partial charge in [0.1, 0.15) is 6.61 Å². The van der Waals surface area contributed by atoms with Crippen LogP contribution in [0, 0.1) is 0 Å². The van der Waals surface area contributed by atoms with Crippen molar-refractivity contribution in [1.82, 2.24) is 5.32 Å². The largest absolute Gasteiger partial charge is 0.451 e. The van der Waals surface area contributed by atoms with Crippen LogP contribution in [0.2, 0.25) is 0 Å². The standard InChI is InChI=1S/C16H19NO6/c1-11(7-8-13-15(19)21-10-14(18)23-13)17-16(20)22-9-12-5-3-2-4-6-12/h2-6,11,13H,7-10H2,1H3,(H,17,20). The summed E-state index contributed by atoms with van der Waals surface area (Å²) >= 11 is 0. The van der Waals surface area contributed by atoms with E-state index in [1.165, 1.54) is 0 Å². The van der Waals surface area contributed by atoms with Crippen LogP contribution in [0.4, 0.5) is 4.79 Å². The first-order valence-electron chi connectivity index (χ1n) is 7.38. The van der Waals surface area contributed by atoms with Gasteiger partial charge >= 0.3 is 18.0 Å². The molecular weight excluding hydrogens is 302 g/mol. The highest BCUT2D eigenvalue weighted by Crippen LogP contribution is 2.12. The summed E-state index contributed by atoms with van der Waals surface area (Å²) in [5.41, 5.74) is 0.896. The van der Waals surface area contributed by atoms with Crippen molar-refractivity contribution in [2.45, 2.75) is 38.5 Å². The lowest BCUT2D eigenvalue weighted by Gasteiger charge is -2.22. The number of amides is 1. The second-order valence-corrected chi connectivity index (χ2v) is 5.27. The first-order chi connectivity index (χ1) is 11.0. The molecule has 0 aliphatic carbocycles. The van der Waals surface area contributed by atoms with E-state index in [9.17, 15) is 14.4 Å². The van der Waals surface area contributed by atoms with Crippen LogP contribution in [0.5, 0.6) is 0 Å². The lowest BCUT2D eigenvalue weighted by Crippen LogP contribution is -2.39. The number of nitrogens with one attached hydrogen (secondary N) is 1. The summed E-state index contributed by atoms with van der Waals surface area (Å²) in [5, 5.41) is 2.66. The van der Waals surface area contributed by atoms with Gasteiger partial charge in [-0.05, 0) is 25.3 Å². The monoisotopic (exact) mass is 321 g/mol. The van der Waals surface area contributed by atoms with Crippen molar-refractivity contribution in [1.29, 1.82) is 0 Å². The molecule has 0 radical (unpaired) electrons. The first-order valence-corrected chi connectivity index (χ1v) is 7.38. The van der Waals surface area contributed by atoms with E-state index in [-0.39, 0.29) is 25.7 Å². The Kier molecular flexibility index (Phi) is 5.96. The highest BCUT2D eigenvalue weighted by molar-refractivity contribution is 5.85. The summed E-state index contributed by atoms with van der Waals surface area (Å²) in [6, 6.07) is 9.11. The molecule has 7 heteroatoms. The summed E-state index contributed by atoms with van der Waals surface area (Å²) in [6.07, 6.45) is -0.705. The summed E-state index contributed by atoms with van der Waals surface area (Å²) in [6.45, 7) is 1.63. The zero-order valence-corrected chi connectivity index (χ0v) is 12.8. The third kappa shape index (κ3) is 5.61. The van der Waals surface area contributed by atoms with Crippen molar-refractivity contribution < 1.29 is 28.6 Å². The minimum Gasteiger partial charge on any atom is -0.451 e. The van der Waals surface area contributed by atoms with Gasteiger partial charge in [-0.15, -0.1) is 0 Å². The van der Waals surface area contributed by atoms with Crippen LogP contribution < -0.4 is 5.32 Å². The van der Waals surface area contributed by atoms with Gasteiger partial charge in [-0.25, -0.2) is 14.4 Å². The lowest BCUT2D eigenvalue weighted by atomic mass is 10.1. The Morgan fingerprint density at radius 2 is 2.09 bits per heavy atom. The molecule has 1 N–H and O–H groups in total. The van der Waals surface area contributed by atoms with Gasteiger partial charge in [0.25, 0.3) is 0 Å². The van der Waals surface area contributed by atoms with E-state index in [1.807, 2.05) is 30.3 Å². The Bertz CT molecular complexity index is 559. The van der Waals surface area contributed by atoms with Crippen molar-refractivity contribution in [3.8, 4) is 0 Å². The molecule has 0 bridgehead atoms. The summed E-state index contributed by atoms with van der Waals surface area (Å²) < 4.78 is 14.7.